The van der Waals surface area contributed by atoms with E-state index in [1.807, 2.05) is 54.6 Å². The maximum atomic E-state index is 12.8. The van der Waals surface area contributed by atoms with Gasteiger partial charge in [0.1, 0.15) is 0 Å². The van der Waals surface area contributed by atoms with E-state index in [1.54, 1.807) is 0 Å². The quantitative estimate of drug-likeness (QED) is 0.736. The fourth-order valence-corrected chi connectivity index (χ4v) is 3.34. The van der Waals surface area contributed by atoms with Gasteiger partial charge in [0.05, 0.1) is 16.1 Å². The van der Waals surface area contributed by atoms with E-state index in [0.717, 1.165) is 15.8 Å². The Kier molecular flexibility index (Phi) is 3.98. The summed E-state index contributed by atoms with van der Waals surface area (Å²) in [5.74, 6) is -1.24. The predicted molar refractivity (Wildman–Crippen MR) is 86.9 cm³/mol. The van der Waals surface area contributed by atoms with Crippen molar-refractivity contribution in [2.24, 2.45) is 5.73 Å². The molecule has 0 radical (unpaired) electrons. The van der Waals surface area contributed by atoms with Gasteiger partial charge in [0.15, 0.2) is 10.8 Å². The van der Waals surface area contributed by atoms with Crippen LogP contribution in [0.5, 0.6) is 0 Å². The molecule has 110 valence electrons. The van der Waals surface area contributed by atoms with Crippen LogP contribution in [-0.4, -0.2) is 16.7 Å². The Morgan fingerprint density at radius 2 is 1.73 bits per heavy atom. The van der Waals surface area contributed by atoms with E-state index in [1.165, 1.54) is 11.3 Å². The summed E-state index contributed by atoms with van der Waals surface area (Å²) in [7, 11) is 0. The lowest BCUT2D eigenvalue weighted by Crippen LogP contribution is -2.21. The molecule has 0 saturated carbocycles. The molecule has 4 nitrogen and oxygen atoms in total. The number of amides is 1. The maximum Gasteiger partial charge on any atom is 0.218 e. The molecule has 0 aliphatic carbocycles. The summed E-state index contributed by atoms with van der Waals surface area (Å²) in [5, 5.41) is 0.413. The van der Waals surface area contributed by atoms with Gasteiger partial charge in [-0.05, 0) is 17.7 Å². The Morgan fingerprint density at radius 1 is 1.05 bits per heavy atom. The standard InChI is InChI=1S/C17H14N2O2S/c18-15(20)10-12(11-6-2-1-3-7-11)16(21)17-19-13-8-4-5-9-14(13)22-17/h1-9,12H,10H2,(H2,18,20). The minimum atomic E-state index is -0.584. The number of ketones is 1. The highest BCUT2D eigenvalue weighted by molar-refractivity contribution is 7.20. The van der Waals surface area contributed by atoms with Gasteiger partial charge >= 0.3 is 0 Å². The number of hydrogen-bond acceptors (Lipinski definition) is 4. The molecule has 3 aromatic rings. The van der Waals surface area contributed by atoms with E-state index in [-0.39, 0.29) is 12.2 Å². The summed E-state index contributed by atoms with van der Waals surface area (Å²) < 4.78 is 0.955. The highest BCUT2D eigenvalue weighted by Crippen LogP contribution is 2.29. The lowest BCUT2D eigenvalue weighted by molar-refractivity contribution is -0.118. The van der Waals surface area contributed by atoms with Crippen LogP contribution in [0.4, 0.5) is 0 Å². The number of primary amides is 1. The number of carbonyl (C=O) groups is 2. The first-order valence-electron chi connectivity index (χ1n) is 6.88. The highest BCUT2D eigenvalue weighted by atomic mass is 32.1. The van der Waals surface area contributed by atoms with Gasteiger partial charge in [0, 0.05) is 6.42 Å². The SMILES string of the molecule is NC(=O)CC(C(=O)c1nc2ccccc2s1)c1ccccc1. The van der Waals surface area contributed by atoms with Crippen LogP contribution in [-0.2, 0) is 4.79 Å². The van der Waals surface area contributed by atoms with Crippen LogP contribution in [0.15, 0.2) is 54.6 Å². The Morgan fingerprint density at radius 3 is 2.41 bits per heavy atom. The van der Waals surface area contributed by atoms with E-state index in [9.17, 15) is 9.59 Å². The summed E-state index contributed by atoms with van der Waals surface area (Å²) >= 11 is 1.34. The molecule has 2 N–H and O–H groups in total. The van der Waals surface area contributed by atoms with Crippen molar-refractivity contribution in [1.29, 1.82) is 0 Å². The van der Waals surface area contributed by atoms with Crippen LogP contribution in [0, 0.1) is 0 Å². The number of hydrogen-bond donors (Lipinski definition) is 1. The van der Waals surface area contributed by atoms with Crippen LogP contribution in [0.2, 0.25) is 0 Å². The molecule has 1 heterocycles. The second kappa shape index (κ2) is 6.07. The summed E-state index contributed by atoms with van der Waals surface area (Å²) in [6.07, 6.45) is -0.0151. The molecule has 0 aliphatic rings. The minimum absolute atomic E-state index is 0.0151. The van der Waals surface area contributed by atoms with Gasteiger partial charge in [-0.15, -0.1) is 11.3 Å². The molecule has 1 unspecified atom stereocenters. The molecular formula is C17H14N2O2S. The molecule has 0 aliphatic heterocycles. The van der Waals surface area contributed by atoms with E-state index in [4.69, 9.17) is 5.73 Å². The molecule has 1 amide bonds. The third-order valence-corrected chi connectivity index (χ3v) is 4.48. The number of thiazole rings is 1. The predicted octanol–water partition coefficient (Wildman–Crippen LogP) is 3.14. The zero-order chi connectivity index (χ0) is 15.5. The first-order chi connectivity index (χ1) is 10.6. The molecular weight excluding hydrogens is 296 g/mol. The highest BCUT2D eigenvalue weighted by Gasteiger charge is 2.26. The number of fused-ring (bicyclic) bond motifs is 1. The van der Waals surface area contributed by atoms with Crippen LogP contribution < -0.4 is 5.73 Å². The number of para-hydroxylation sites is 1. The summed E-state index contributed by atoms with van der Waals surface area (Å²) in [5.41, 5.74) is 6.89. The van der Waals surface area contributed by atoms with Gasteiger partial charge in [-0.3, -0.25) is 9.59 Å². The van der Waals surface area contributed by atoms with Crippen molar-refractivity contribution in [1.82, 2.24) is 4.98 Å². The molecule has 2 aromatic carbocycles. The first-order valence-corrected chi connectivity index (χ1v) is 7.70. The molecule has 5 heteroatoms. The summed E-state index contributed by atoms with van der Waals surface area (Å²) in [6, 6.07) is 16.8. The van der Waals surface area contributed by atoms with Gasteiger partial charge < -0.3 is 5.73 Å². The van der Waals surface area contributed by atoms with Crippen molar-refractivity contribution >= 4 is 33.2 Å². The molecule has 0 saturated heterocycles. The molecule has 1 aromatic heterocycles. The smallest absolute Gasteiger partial charge is 0.218 e. The molecule has 0 bridgehead atoms. The van der Waals surface area contributed by atoms with Crippen molar-refractivity contribution < 1.29 is 9.59 Å². The van der Waals surface area contributed by atoms with Crippen LogP contribution in [0.1, 0.15) is 27.7 Å². The Hall–Kier alpha value is -2.53. The van der Waals surface area contributed by atoms with Gasteiger partial charge in [0.2, 0.25) is 5.91 Å². The van der Waals surface area contributed by atoms with Crippen molar-refractivity contribution in [2.75, 3.05) is 0 Å². The molecule has 3 rings (SSSR count). The fourth-order valence-electron chi connectivity index (χ4n) is 2.38. The van der Waals surface area contributed by atoms with Crippen molar-refractivity contribution in [3.8, 4) is 0 Å². The third kappa shape index (κ3) is 2.89. The zero-order valence-corrected chi connectivity index (χ0v) is 12.5. The van der Waals surface area contributed by atoms with E-state index >= 15 is 0 Å². The Bertz CT molecular complexity index is 794. The lowest BCUT2D eigenvalue weighted by Gasteiger charge is -2.12. The number of benzene rings is 2. The second-order valence-corrected chi connectivity index (χ2v) is 6.02. The van der Waals surface area contributed by atoms with Gasteiger partial charge in [0.25, 0.3) is 0 Å². The number of nitrogens with zero attached hydrogens (tertiary/aromatic N) is 1. The van der Waals surface area contributed by atoms with Crippen LogP contribution in [0.3, 0.4) is 0 Å². The maximum absolute atomic E-state index is 12.8. The van der Waals surface area contributed by atoms with Crippen LogP contribution >= 0.6 is 11.3 Å². The summed E-state index contributed by atoms with van der Waals surface area (Å²) in [4.78, 5) is 28.5. The van der Waals surface area contributed by atoms with Gasteiger partial charge in [-0.25, -0.2) is 4.98 Å². The molecule has 1 atom stereocenters. The normalized spacial score (nSPS) is 12.2. The van der Waals surface area contributed by atoms with E-state index in [0.29, 0.717) is 5.01 Å². The van der Waals surface area contributed by atoms with E-state index < -0.39 is 11.8 Å². The average molecular weight is 310 g/mol. The Labute approximate surface area is 131 Å². The lowest BCUT2D eigenvalue weighted by atomic mass is 9.91. The van der Waals surface area contributed by atoms with Gasteiger partial charge in [-0.1, -0.05) is 42.5 Å². The Balaban J connectivity index is 1.99. The second-order valence-electron chi connectivity index (χ2n) is 4.98. The average Bonchev–Trinajstić information content (AvgIpc) is 2.96. The van der Waals surface area contributed by atoms with Crippen LogP contribution in [0.25, 0.3) is 10.2 Å². The third-order valence-electron chi connectivity index (χ3n) is 3.43. The largest absolute Gasteiger partial charge is 0.370 e. The number of nitrogens with two attached hydrogens (primary N) is 1. The fraction of sp³-hybridized carbons (Fsp3) is 0.118. The van der Waals surface area contributed by atoms with Crippen molar-refractivity contribution in [3.63, 3.8) is 0 Å². The molecule has 0 fully saturated rings. The summed E-state index contributed by atoms with van der Waals surface area (Å²) in [6.45, 7) is 0. The number of Topliss-reactive ketones (excluding diaryl/α,β-unsaturated/α-hetero) is 1. The molecule has 0 spiro atoms. The number of rotatable bonds is 5. The van der Waals surface area contributed by atoms with Gasteiger partial charge in [-0.2, -0.15) is 0 Å². The van der Waals surface area contributed by atoms with Crippen molar-refractivity contribution in [3.05, 3.63) is 65.2 Å². The topological polar surface area (TPSA) is 73.1 Å². The van der Waals surface area contributed by atoms with E-state index in [2.05, 4.69) is 4.98 Å². The molecule has 22 heavy (non-hydrogen) atoms. The number of carbonyl (C=O) groups excluding carboxylic acids is 2. The van der Waals surface area contributed by atoms with Crippen molar-refractivity contribution in [2.45, 2.75) is 12.3 Å². The number of aromatic nitrogens is 1. The minimum Gasteiger partial charge on any atom is -0.370 e. The first kappa shape index (κ1) is 14.4. The monoisotopic (exact) mass is 310 g/mol. The zero-order valence-electron chi connectivity index (χ0n) is 11.7.